The van der Waals surface area contributed by atoms with Gasteiger partial charge >= 0.3 is 0 Å². The number of fused-ring (bicyclic) bond motifs is 1. The Morgan fingerprint density at radius 1 is 1.33 bits per heavy atom. The predicted molar refractivity (Wildman–Crippen MR) is 72.7 cm³/mol. The molecule has 0 fully saturated rings. The molecule has 0 spiro atoms. The van der Waals surface area contributed by atoms with E-state index in [2.05, 4.69) is 0 Å². The fraction of sp³-hybridized carbons (Fsp3) is 0.214. The summed E-state index contributed by atoms with van der Waals surface area (Å²) in [4.78, 5) is 13.6. The summed E-state index contributed by atoms with van der Waals surface area (Å²) in [6.07, 6.45) is 0. The third kappa shape index (κ3) is 1.86. The normalized spacial score (nSPS) is 10.6. The van der Waals surface area contributed by atoms with Crippen LogP contribution in [0.2, 0.25) is 0 Å². The van der Waals surface area contributed by atoms with Crippen molar-refractivity contribution in [3.8, 4) is 5.75 Å². The van der Waals surface area contributed by atoms with Crippen LogP contribution in [0.5, 0.6) is 5.75 Å². The highest BCUT2D eigenvalue weighted by Gasteiger charge is 2.18. The maximum Gasteiger partial charge on any atom is 0.257 e. The van der Waals surface area contributed by atoms with Gasteiger partial charge in [-0.1, -0.05) is 24.3 Å². The van der Waals surface area contributed by atoms with Crippen LogP contribution in [-0.2, 0) is 0 Å². The number of hydrogen-bond acceptors (Lipinski definition) is 3. The number of benzene rings is 2. The van der Waals surface area contributed by atoms with Crippen molar-refractivity contribution in [2.45, 2.75) is 6.92 Å². The van der Waals surface area contributed by atoms with Gasteiger partial charge in [-0.2, -0.15) is 0 Å². The largest absolute Gasteiger partial charge is 0.506 e. The molecule has 4 heteroatoms. The predicted octanol–water partition coefficient (Wildman–Crippen LogP) is 2.22. The molecule has 2 aromatic rings. The van der Waals surface area contributed by atoms with Crippen molar-refractivity contribution in [1.82, 2.24) is 4.90 Å². The van der Waals surface area contributed by atoms with Crippen LogP contribution in [0, 0.1) is 0 Å². The highest BCUT2D eigenvalue weighted by atomic mass is 16.3. The van der Waals surface area contributed by atoms with Crippen molar-refractivity contribution in [3.63, 3.8) is 0 Å². The van der Waals surface area contributed by atoms with Crippen LogP contribution in [-0.4, -0.2) is 29.5 Å². The Morgan fingerprint density at radius 2 is 1.94 bits per heavy atom. The van der Waals surface area contributed by atoms with Crippen LogP contribution in [0.4, 0.5) is 5.69 Å². The fourth-order valence-corrected chi connectivity index (χ4v) is 1.90. The molecule has 0 radical (unpaired) electrons. The molecule has 1 amide bonds. The van der Waals surface area contributed by atoms with Crippen molar-refractivity contribution >= 4 is 22.4 Å². The molecule has 0 saturated heterocycles. The molecular weight excluding hydrogens is 228 g/mol. The Balaban J connectivity index is 2.67. The Morgan fingerprint density at radius 3 is 2.56 bits per heavy atom. The van der Waals surface area contributed by atoms with Crippen LogP contribution in [0.25, 0.3) is 10.8 Å². The molecule has 0 aliphatic carbocycles. The molecule has 0 atom stereocenters. The lowest BCUT2D eigenvalue weighted by Crippen LogP contribution is -2.26. The van der Waals surface area contributed by atoms with Crippen molar-refractivity contribution in [2.24, 2.45) is 0 Å². The molecule has 2 rings (SSSR count). The zero-order valence-electron chi connectivity index (χ0n) is 10.5. The van der Waals surface area contributed by atoms with Crippen LogP contribution in [0.3, 0.4) is 0 Å². The van der Waals surface area contributed by atoms with E-state index in [1.165, 1.54) is 11.0 Å². The molecule has 0 heterocycles. The van der Waals surface area contributed by atoms with Crippen LogP contribution < -0.4 is 5.73 Å². The number of amides is 1. The number of carbonyl (C=O) groups is 1. The summed E-state index contributed by atoms with van der Waals surface area (Å²) in [7, 11) is 1.69. The minimum absolute atomic E-state index is 0.00917. The molecule has 0 unspecified atom stereocenters. The van der Waals surface area contributed by atoms with Crippen LogP contribution in [0.1, 0.15) is 17.3 Å². The summed E-state index contributed by atoms with van der Waals surface area (Å²) in [6, 6.07) is 8.76. The summed E-state index contributed by atoms with van der Waals surface area (Å²) in [5.41, 5.74) is 6.67. The smallest absolute Gasteiger partial charge is 0.257 e. The number of nitrogen functional groups attached to an aromatic ring is 1. The second-order valence-electron chi connectivity index (χ2n) is 4.23. The van der Waals surface area contributed by atoms with Gasteiger partial charge in [-0.25, -0.2) is 0 Å². The molecule has 2 aromatic carbocycles. The van der Waals surface area contributed by atoms with E-state index in [1.54, 1.807) is 19.2 Å². The van der Waals surface area contributed by atoms with Gasteiger partial charge in [0.25, 0.3) is 5.91 Å². The van der Waals surface area contributed by atoms with Gasteiger partial charge in [0.05, 0.1) is 5.56 Å². The lowest BCUT2D eigenvalue weighted by atomic mass is 10.0. The van der Waals surface area contributed by atoms with Crippen molar-refractivity contribution in [2.75, 3.05) is 19.3 Å². The topological polar surface area (TPSA) is 66.6 Å². The number of phenols is 1. The zero-order valence-corrected chi connectivity index (χ0v) is 10.5. The average Bonchev–Trinajstić information content (AvgIpc) is 2.41. The van der Waals surface area contributed by atoms with Crippen molar-refractivity contribution in [1.29, 1.82) is 0 Å². The number of carbonyl (C=O) groups excluding carboxylic acids is 1. The van der Waals surface area contributed by atoms with E-state index in [4.69, 9.17) is 5.73 Å². The summed E-state index contributed by atoms with van der Waals surface area (Å²) in [5.74, 6) is -0.238. The van der Waals surface area contributed by atoms with Gasteiger partial charge in [-0.05, 0) is 13.0 Å². The summed E-state index contributed by atoms with van der Waals surface area (Å²) >= 11 is 0. The third-order valence-corrected chi connectivity index (χ3v) is 3.10. The van der Waals surface area contributed by atoms with E-state index in [9.17, 15) is 9.90 Å². The first kappa shape index (κ1) is 12.2. The number of anilines is 1. The van der Waals surface area contributed by atoms with E-state index in [-0.39, 0.29) is 17.2 Å². The van der Waals surface area contributed by atoms with Gasteiger partial charge < -0.3 is 15.7 Å². The molecule has 0 aromatic heterocycles. The van der Waals surface area contributed by atoms with Gasteiger partial charge in [0.2, 0.25) is 0 Å². The molecule has 0 bridgehead atoms. The highest BCUT2D eigenvalue weighted by molar-refractivity contribution is 6.07. The lowest BCUT2D eigenvalue weighted by Gasteiger charge is -2.17. The van der Waals surface area contributed by atoms with E-state index in [1.807, 2.05) is 19.1 Å². The molecule has 18 heavy (non-hydrogen) atoms. The van der Waals surface area contributed by atoms with Gasteiger partial charge in [-0.3, -0.25) is 4.79 Å². The van der Waals surface area contributed by atoms with Gasteiger partial charge in [0.15, 0.2) is 0 Å². The first-order valence-corrected chi connectivity index (χ1v) is 5.82. The Hall–Kier alpha value is -2.23. The van der Waals surface area contributed by atoms with Gasteiger partial charge in [-0.15, -0.1) is 0 Å². The van der Waals surface area contributed by atoms with Crippen molar-refractivity contribution in [3.05, 3.63) is 35.9 Å². The SMILES string of the molecule is CCN(C)C(=O)c1cc(N)c2ccccc2c1O. The molecule has 0 aliphatic rings. The Bertz CT molecular complexity index is 608. The summed E-state index contributed by atoms with van der Waals surface area (Å²) in [6.45, 7) is 2.45. The highest BCUT2D eigenvalue weighted by Crippen LogP contribution is 2.33. The fourth-order valence-electron chi connectivity index (χ4n) is 1.90. The number of nitrogens with two attached hydrogens (primary N) is 1. The monoisotopic (exact) mass is 244 g/mol. The first-order chi connectivity index (χ1) is 8.56. The van der Waals surface area contributed by atoms with E-state index >= 15 is 0 Å². The quantitative estimate of drug-likeness (QED) is 0.628. The minimum atomic E-state index is -0.229. The van der Waals surface area contributed by atoms with Crippen LogP contribution >= 0.6 is 0 Å². The van der Waals surface area contributed by atoms with E-state index in [0.717, 1.165) is 5.39 Å². The van der Waals surface area contributed by atoms with Gasteiger partial charge in [0, 0.05) is 30.1 Å². The number of phenolic OH excluding ortho intramolecular Hbond substituents is 1. The molecule has 4 nitrogen and oxygen atoms in total. The third-order valence-electron chi connectivity index (χ3n) is 3.10. The number of hydrogen-bond donors (Lipinski definition) is 2. The Labute approximate surface area is 106 Å². The zero-order chi connectivity index (χ0) is 13.3. The standard InChI is InChI=1S/C14H16N2O2/c1-3-16(2)14(18)11-8-12(15)9-6-4-5-7-10(9)13(11)17/h4-8,17H,3,15H2,1-2H3. The van der Waals surface area contributed by atoms with Crippen LogP contribution in [0.15, 0.2) is 30.3 Å². The molecule has 0 aliphatic heterocycles. The Kier molecular flexibility index (Phi) is 3.10. The number of nitrogens with zero attached hydrogens (tertiary/aromatic N) is 1. The number of aromatic hydroxyl groups is 1. The molecule has 0 saturated carbocycles. The second-order valence-corrected chi connectivity index (χ2v) is 4.23. The minimum Gasteiger partial charge on any atom is -0.506 e. The van der Waals surface area contributed by atoms with E-state index in [0.29, 0.717) is 17.6 Å². The molecule has 3 N–H and O–H groups in total. The lowest BCUT2D eigenvalue weighted by molar-refractivity contribution is 0.0800. The van der Waals surface area contributed by atoms with E-state index < -0.39 is 0 Å². The summed E-state index contributed by atoms with van der Waals surface area (Å²) < 4.78 is 0. The maximum atomic E-state index is 12.1. The van der Waals surface area contributed by atoms with Crippen molar-refractivity contribution < 1.29 is 9.90 Å². The first-order valence-electron chi connectivity index (χ1n) is 5.82. The summed E-state index contributed by atoms with van der Waals surface area (Å²) in [5, 5.41) is 11.5. The number of rotatable bonds is 2. The second kappa shape index (κ2) is 4.56. The average molecular weight is 244 g/mol. The van der Waals surface area contributed by atoms with Gasteiger partial charge in [0.1, 0.15) is 5.75 Å². The molecule has 94 valence electrons. The maximum absolute atomic E-state index is 12.1. The molecular formula is C14H16N2O2.